The fraction of sp³-hybridized carbons (Fsp3) is 0.0833. The van der Waals surface area contributed by atoms with Gasteiger partial charge in [0, 0.05) is 5.69 Å². The van der Waals surface area contributed by atoms with Crippen molar-refractivity contribution in [3.8, 4) is 0 Å². The molecule has 1 aromatic carbocycles. The van der Waals surface area contributed by atoms with Crippen molar-refractivity contribution in [2.45, 2.75) is 11.5 Å². The summed E-state index contributed by atoms with van der Waals surface area (Å²) >= 11 is 0.849. The lowest BCUT2D eigenvalue weighted by Gasteiger charge is -2.08. The molecule has 1 aromatic heterocycles. The first-order chi connectivity index (χ1) is 9.44. The molecule has 0 spiro atoms. The van der Waals surface area contributed by atoms with E-state index in [1.54, 1.807) is 12.1 Å². The second-order valence-corrected chi connectivity index (χ2v) is 6.45. The molecule has 8 heteroatoms. The minimum atomic E-state index is -3.95. The Labute approximate surface area is 119 Å². The summed E-state index contributed by atoms with van der Waals surface area (Å²) < 4.78 is 26.6. The van der Waals surface area contributed by atoms with Gasteiger partial charge in [-0.2, -0.15) is 0 Å². The zero-order valence-corrected chi connectivity index (χ0v) is 11.7. The lowest BCUT2D eigenvalue weighted by Crippen LogP contribution is -2.15. The van der Waals surface area contributed by atoms with Gasteiger partial charge in [0.15, 0.2) is 0 Å². The third-order valence-corrected chi connectivity index (χ3v) is 4.96. The number of sulfonamides is 1. The first-order valence-electron chi connectivity index (χ1n) is 5.47. The van der Waals surface area contributed by atoms with Gasteiger partial charge < -0.3 is 10.2 Å². The van der Waals surface area contributed by atoms with Crippen LogP contribution in [0.2, 0.25) is 0 Å². The fourth-order valence-corrected chi connectivity index (χ4v) is 3.87. The van der Waals surface area contributed by atoms with E-state index in [0.717, 1.165) is 11.3 Å². The number of aliphatic hydroxyl groups is 1. The van der Waals surface area contributed by atoms with E-state index in [9.17, 15) is 13.2 Å². The summed E-state index contributed by atoms with van der Waals surface area (Å²) in [5.74, 6) is -1.28. The molecule has 0 aliphatic rings. The van der Waals surface area contributed by atoms with E-state index in [1.807, 2.05) is 0 Å². The highest BCUT2D eigenvalue weighted by Crippen LogP contribution is 2.24. The topological polar surface area (TPSA) is 104 Å². The normalized spacial score (nSPS) is 11.2. The standard InChI is InChI=1S/C12H11NO5S2/c14-7-8-1-3-9(4-2-8)13-20(17,18)10-5-6-19-11(10)12(15)16/h1-6,13-14H,7H2,(H,15,16). The summed E-state index contributed by atoms with van der Waals surface area (Å²) in [6.45, 7) is -0.138. The largest absolute Gasteiger partial charge is 0.477 e. The predicted octanol–water partition coefficient (Wildman–Crippen LogP) is 1.74. The Morgan fingerprint density at radius 3 is 2.40 bits per heavy atom. The number of carboxylic acid groups (broad SMARTS) is 1. The van der Waals surface area contributed by atoms with Gasteiger partial charge in [-0.15, -0.1) is 11.3 Å². The van der Waals surface area contributed by atoms with E-state index in [0.29, 0.717) is 11.3 Å². The number of carbonyl (C=O) groups is 1. The van der Waals surface area contributed by atoms with Gasteiger partial charge in [0.05, 0.1) is 6.61 Å². The van der Waals surface area contributed by atoms with Gasteiger partial charge in [-0.05, 0) is 29.1 Å². The lowest BCUT2D eigenvalue weighted by molar-refractivity contribution is 0.0698. The van der Waals surface area contributed by atoms with Gasteiger partial charge in [0.2, 0.25) is 0 Å². The average Bonchev–Trinajstić information content (AvgIpc) is 2.89. The summed E-state index contributed by atoms with van der Waals surface area (Å²) in [4.78, 5) is 10.5. The molecule has 0 bridgehead atoms. The molecule has 6 nitrogen and oxygen atoms in total. The van der Waals surface area contributed by atoms with E-state index >= 15 is 0 Å². The van der Waals surface area contributed by atoms with Crippen LogP contribution in [0.25, 0.3) is 0 Å². The Morgan fingerprint density at radius 2 is 1.85 bits per heavy atom. The summed E-state index contributed by atoms with van der Waals surface area (Å²) in [7, 11) is -3.95. The van der Waals surface area contributed by atoms with Gasteiger partial charge in [-0.25, -0.2) is 13.2 Å². The van der Waals surface area contributed by atoms with Crippen molar-refractivity contribution in [3.05, 3.63) is 46.2 Å². The number of hydrogen-bond donors (Lipinski definition) is 3. The number of nitrogens with one attached hydrogen (secondary N) is 1. The Morgan fingerprint density at radius 1 is 1.20 bits per heavy atom. The molecule has 1 heterocycles. The van der Waals surface area contributed by atoms with Crippen molar-refractivity contribution in [1.29, 1.82) is 0 Å². The Kier molecular flexibility index (Phi) is 4.07. The third kappa shape index (κ3) is 2.98. The average molecular weight is 313 g/mol. The number of anilines is 1. The van der Waals surface area contributed by atoms with Crippen LogP contribution in [0.15, 0.2) is 40.6 Å². The van der Waals surface area contributed by atoms with Crippen molar-refractivity contribution in [3.63, 3.8) is 0 Å². The highest BCUT2D eigenvalue weighted by atomic mass is 32.2. The minimum Gasteiger partial charge on any atom is -0.477 e. The van der Waals surface area contributed by atoms with E-state index in [4.69, 9.17) is 10.2 Å². The van der Waals surface area contributed by atoms with E-state index in [-0.39, 0.29) is 16.4 Å². The number of hydrogen-bond acceptors (Lipinski definition) is 5. The number of aromatic carboxylic acids is 1. The molecule has 20 heavy (non-hydrogen) atoms. The van der Waals surface area contributed by atoms with Crippen LogP contribution in [0.3, 0.4) is 0 Å². The smallest absolute Gasteiger partial charge is 0.347 e. The van der Waals surface area contributed by atoms with Crippen molar-refractivity contribution >= 4 is 33.0 Å². The monoisotopic (exact) mass is 313 g/mol. The molecule has 2 aromatic rings. The maximum atomic E-state index is 12.1. The van der Waals surface area contributed by atoms with E-state index in [1.165, 1.54) is 23.6 Å². The number of rotatable bonds is 5. The van der Waals surface area contributed by atoms with Gasteiger partial charge >= 0.3 is 5.97 Å². The molecule has 0 unspecified atom stereocenters. The molecule has 106 valence electrons. The van der Waals surface area contributed by atoms with Crippen LogP contribution in [0, 0.1) is 0 Å². The maximum Gasteiger partial charge on any atom is 0.347 e. The summed E-state index contributed by atoms with van der Waals surface area (Å²) in [5, 5.41) is 19.3. The van der Waals surface area contributed by atoms with Crippen molar-refractivity contribution in [2.75, 3.05) is 4.72 Å². The molecular weight excluding hydrogens is 302 g/mol. The predicted molar refractivity (Wildman–Crippen MR) is 74.5 cm³/mol. The Bertz CT molecular complexity index is 719. The Hall–Kier alpha value is -1.90. The molecule has 2 rings (SSSR count). The maximum absolute atomic E-state index is 12.1. The molecule has 0 amide bonds. The highest BCUT2D eigenvalue weighted by Gasteiger charge is 2.23. The minimum absolute atomic E-state index is 0.138. The molecule has 0 aliphatic heterocycles. The SMILES string of the molecule is O=C(O)c1sccc1S(=O)(=O)Nc1ccc(CO)cc1. The van der Waals surface area contributed by atoms with Crippen LogP contribution >= 0.6 is 11.3 Å². The van der Waals surface area contributed by atoms with E-state index in [2.05, 4.69) is 4.72 Å². The van der Waals surface area contributed by atoms with Crippen molar-refractivity contribution < 1.29 is 23.4 Å². The first kappa shape index (κ1) is 14.5. The molecular formula is C12H11NO5S2. The zero-order valence-electron chi connectivity index (χ0n) is 10.1. The fourth-order valence-electron chi connectivity index (χ4n) is 1.55. The molecule has 3 N–H and O–H groups in total. The number of benzene rings is 1. The van der Waals surface area contributed by atoms with Crippen LogP contribution in [-0.4, -0.2) is 24.6 Å². The van der Waals surface area contributed by atoms with Crippen molar-refractivity contribution in [1.82, 2.24) is 0 Å². The van der Waals surface area contributed by atoms with Crippen LogP contribution in [0.5, 0.6) is 0 Å². The Balaban J connectivity index is 2.30. The molecule has 0 radical (unpaired) electrons. The van der Waals surface area contributed by atoms with Crippen LogP contribution in [-0.2, 0) is 16.6 Å². The second kappa shape index (κ2) is 5.61. The highest BCUT2D eigenvalue weighted by molar-refractivity contribution is 7.93. The lowest BCUT2D eigenvalue weighted by atomic mass is 10.2. The first-order valence-corrected chi connectivity index (χ1v) is 7.84. The molecule has 0 fully saturated rings. The van der Waals surface area contributed by atoms with Gasteiger partial charge in [0.1, 0.15) is 9.77 Å². The van der Waals surface area contributed by atoms with Crippen LogP contribution < -0.4 is 4.72 Å². The number of carboxylic acids is 1. The van der Waals surface area contributed by atoms with Crippen molar-refractivity contribution in [2.24, 2.45) is 0 Å². The van der Waals surface area contributed by atoms with E-state index < -0.39 is 16.0 Å². The molecule has 0 aliphatic carbocycles. The van der Waals surface area contributed by atoms with Gasteiger partial charge in [-0.1, -0.05) is 12.1 Å². The van der Waals surface area contributed by atoms with Gasteiger partial charge in [0.25, 0.3) is 10.0 Å². The molecule has 0 saturated heterocycles. The number of aliphatic hydroxyl groups excluding tert-OH is 1. The third-order valence-electron chi connectivity index (χ3n) is 2.50. The quantitative estimate of drug-likeness (QED) is 0.780. The summed E-state index contributed by atoms with van der Waals surface area (Å²) in [6.07, 6.45) is 0. The molecule has 0 saturated carbocycles. The summed E-state index contributed by atoms with van der Waals surface area (Å²) in [5.41, 5.74) is 0.944. The second-order valence-electron chi connectivity index (χ2n) is 3.88. The van der Waals surface area contributed by atoms with Crippen LogP contribution in [0.4, 0.5) is 5.69 Å². The summed E-state index contributed by atoms with van der Waals surface area (Å²) in [6, 6.07) is 7.39. The number of thiophene rings is 1. The molecule has 0 atom stereocenters. The van der Waals surface area contributed by atoms with Crippen LogP contribution in [0.1, 0.15) is 15.2 Å². The van der Waals surface area contributed by atoms with Gasteiger partial charge in [-0.3, -0.25) is 4.72 Å². The zero-order chi connectivity index (χ0) is 14.8.